The molecule has 1 amide bonds. The van der Waals surface area contributed by atoms with Gasteiger partial charge < -0.3 is 24.6 Å². The Morgan fingerprint density at radius 3 is 2.53 bits per heavy atom. The monoisotopic (exact) mass is 417 g/mol. The number of nitrogens with one attached hydrogen (secondary N) is 1. The highest BCUT2D eigenvalue weighted by molar-refractivity contribution is 6.25. The van der Waals surface area contributed by atoms with Crippen molar-refractivity contribution < 1.29 is 33.7 Å². The zero-order valence-corrected chi connectivity index (χ0v) is 17.7. The number of hydrogen-bond acceptors (Lipinski definition) is 7. The first-order chi connectivity index (χ1) is 14.0. The SMILES string of the molecule is CC(/C=C/C(O)=C1/C(=O)CNC1=O)=C\[C@@H](C)C1O[C@]2(C)OC(C(=O)C3O[C@@]32C)[C@@H]1C. The molecule has 0 radical (unpaired) electrons. The number of ketones is 2. The van der Waals surface area contributed by atoms with E-state index in [4.69, 9.17) is 14.2 Å². The number of amides is 1. The molecule has 3 unspecified atom stereocenters. The number of epoxide rings is 1. The molecular weight excluding hydrogens is 390 g/mol. The maximum Gasteiger partial charge on any atom is 0.259 e. The van der Waals surface area contributed by atoms with Gasteiger partial charge in [0.25, 0.3) is 5.91 Å². The second-order valence-electron chi connectivity index (χ2n) is 8.90. The molecule has 0 aromatic rings. The molecule has 7 atom stereocenters. The molecular formula is C22H27NO7. The smallest absolute Gasteiger partial charge is 0.259 e. The van der Waals surface area contributed by atoms with Gasteiger partial charge in [0.05, 0.1) is 12.6 Å². The van der Waals surface area contributed by atoms with Crippen LogP contribution < -0.4 is 5.32 Å². The Hall–Kier alpha value is -2.29. The summed E-state index contributed by atoms with van der Waals surface area (Å²) in [5.74, 6) is -2.59. The van der Waals surface area contributed by atoms with Crippen LogP contribution in [0.5, 0.6) is 0 Å². The first-order valence-electron chi connectivity index (χ1n) is 10.2. The number of fused-ring (bicyclic) bond motifs is 4. The Kier molecular flexibility index (Phi) is 4.80. The number of ether oxygens (including phenoxy) is 3. The van der Waals surface area contributed by atoms with Crippen molar-refractivity contribution in [3.05, 3.63) is 35.1 Å². The van der Waals surface area contributed by atoms with E-state index >= 15 is 0 Å². The van der Waals surface area contributed by atoms with Crippen molar-refractivity contribution in [1.29, 1.82) is 0 Å². The predicted molar refractivity (Wildman–Crippen MR) is 105 cm³/mol. The van der Waals surface area contributed by atoms with Gasteiger partial charge in [-0.2, -0.15) is 0 Å². The van der Waals surface area contributed by atoms with Crippen LogP contribution in [0, 0.1) is 11.8 Å². The van der Waals surface area contributed by atoms with E-state index in [0.717, 1.165) is 5.57 Å². The molecule has 4 fully saturated rings. The first-order valence-corrected chi connectivity index (χ1v) is 10.2. The van der Waals surface area contributed by atoms with Crippen LogP contribution in [-0.4, -0.2) is 58.8 Å². The fraction of sp³-hybridized carbons (Fsp3) is 0.591. The molecule has 4 rings (SSSR count). The lowest BCUT2D eigenvalue weighted by atomic mass is 9.78. The lowest BCUT2D eigenvalue weighted by Crippen LogP contribution is -2.66. The van der Waals surface area contributed by atoms with E-state index in [-0.39, 0.29) is 41.6 Å². The molecule has 8 nitrogen and oxygen atoms in total. The summed E-state index contributed by atoms with van der Waals surface area (Å²) in [4.78, 5) is 36.0. The van der Waals surface area contributed by atoms with E-state index in [1.54, 1.807) is 6.08 Å². The van der Waals surface area contributed by atoms with Gasteiger partial charge in [0.2, 0.25) is 0 Å². The minimum atomic E-state index is -0.988. The van der Waals surface area contributed by atoms with Crippen molar-refractivity contribution >= 4 is 17.5 Å². The molecule has 162 valence electrons. The molecule has 2 bridgehead atoms. The number of aliphatic hydroxyl groups is 1. The van der Waals surface area contributed by atoms with Gasteiger partial charge in [-0.15, -0.1) is 0 Å². The number of carbonyl (C=O) groups excluding carboxylic acids is 3. The quantitative estimate of drug-likeness (QED) is 0.234. The van der Waals surface area contributed by atoms with Gasteiger partial charge in [0.1, 0.15) is 17.4 Å². The fourth-order valence-corrected chi connectivity index (χ4v) is 4.67. The third-order valence-corrected chi connectivity index (χ3v) is 6.67. The Bertz CT molecular complexity index is 900. The fourth-order valence-electron chi connectivity index (χ4n) is 4.67. The van der Waals surface area contributed by atoms with Crippen molar-refractivity contribution in [2.45, 2.75) is 64.3 Å². The third-order valence-electron chi connectivity index (χ3n) is 6.67. The first kappa shape index (κ1) is 21.0. The molecule has 0 saturated carbocycles. The van der Waals surface area contributed by atoms with Gasteiger partial charge in [-0.3, -0.25) is 14.4 Å². The van der Waals surface area contributed by atoms with Gasteiger partial charge in [-0.1, -0.05) is 31.6 Å². The van der Waals surface area contributed by atoms with Crippen LogP contribution in [0.15, 0.2) is 35.1 Å². The van der Waals surface area contributed by atoms with E-state index in [1.807, 2.05) is 40.7 Å². The zero-order chi connectivity index (χ0) is 22.0. The molecule has 4 aliphatic heterocycles. The van der Waals surface area contributed by atoms with E-state index in [9.17, 15) is 19.5 Å². The van der Waals surface area contributed by atoms with Crippen molar-refractivity contribution in [2.24, 2.45) is 11.8 Å². The van der Waals surface area contributed by atoms with Crippen molar-refractivity contribution in [3.63, 3.8) is 0 Å². The maximum absolute atomic E-state index is 12.7. The van der Waals surface area contributed by atoms with Gasteiger partial charge in [-0.05, 0) is 26.8 Å². The van der Waals surface area contributed by atoms with Crippen LogP contribution in [0.3, 0.4) is 0 Å². The van der Waals surface area contributed by atoms with Gasteiger partial charge in [0, 0.05) is 11.8 Å². The average Bonchev–Trinajstić information content (AvgIpc) is 3.29. The van der Waals surface area contributed by atoms with Crippen LogP contribution in [0.4, 0.5) is 0 Å². The van der Waals surface area contributed by atoms with Crippen LogP contribution in [0.1, 0.15) is 34.6 Å². The summed E-state index contributed by atoms with van der Waals surface area (Å²) >= 11 is 0. The van der Waals surface area contributed by atoms with Gasteiger partial charge in [0.15, 0.2) is 29.1 Å². The Morgan fingerprint density at radius 1 is 1.20 bits per heavy atom. The van der Waals surface area contributed by atoms with Crippen molar-refractivity contribution in [3.8, 4) is 0 Å². The maximum atomic E-state index is 12.7. The molecule has 0 aromatic carbocycles. The number of rotatable bonds is 4. The second kappa shape index (κ2) is 6.87. The molecule has 0 aliphatic carbocycles. The van der Waals surface area contributed by atoms with Crippen LogP contribution >= 0.6 is 0 Å². The number of carbonyl (C=O) groups is 3. The standard InChI is InChI=1S/C22H27NO7/c1-10(6-7-13(24)15-14(25)9-23-20(15)27)8-11(2)17-12(3)18-16(26)19-21(4,30-19)22(5,28-17)29-18/h6-8,11-12,17-19,24H,9H2,1-5H3,(H,23,27)/b7-6+,10-8+,15-13+/t11-,12-,17?,18?,19?,21+,22-/m1/s1. The molecule has 0 aromatic heterocycles. The lowest BCUT2D eigenvalue weighted by Gasteiger charge is -2.51. The van der Waals surface area contributed by atoms with E-state index in [0.29, 0.717) is 0 Å². The summed E-state index contributed by atoms with van der Waals surface area (Å²) in [5, 5.41) is 12.5. The minimum Gasteiger partial charge on any atom is -0.507 e. The van der Waals surface area contributed by atoms with Crippen LogP contribution in [0.25, 0.3) is 0 Å². The highest BCUT2D eigenvalue weighted by Gasteiger charge is 2.76. The number of hydrogen-bond donors (Lipinski definition) is 2. The van der Waals surface area contributed by atoms with E-state index in [2.05, 4.69) is 5.32 Å². The summed E-state index contributed by atoms with van der Waals surface area (Å²) in [6.07, 6.45) is 3.64. The normalized spacial score (nSPS) is 43.5. The molecule has 4 aliphatic rings. The summed E-state index contributed by atoms with van der Waals surface area (Å²) < 4.78 is 18.0. The van der Waals surface area contributed by atoms with Crippen molar-refractivity contribution in [1.82, 2.24) is 5.32 Å². The molecule has 30 heavy (non-hydrogen) atoms. The molecule has 0 spiro atoms. The Morgan fingerprint density at radius 2 is 1.90 bits per heavy atom. The minimum absolute atomic E-state index is 0.0281. The van der Waals surface area contributed by atoms with Crippen LogP contribution in [-0.2, 0) is 28.6 Å². The molecule has 8 heteroatoms. The predicted octanol–water partition coefficient (Wildman–Crippen LogP) is 1.51. The largest absolute Gasteiger partial charge is 0.507 e. The number of aliphatic hydroxyl groups excluding tert-OH is 1. The Labute approximate surface area is 174 Å². The second-order valence-corrected chi connectivity index (χ2v) is 8.90. The third kappa shape index (κ3) is 3.05. The average molecular weight is 417 g/mol. The summed E-state index contributed by atoms with van der Waals surface area (Å²) in [7, 11) is 0. The zero-order valence-electron chi connectivity index (χ0n) is 17.7. The molecule has 4 saturated heterocycles. The van der Waals surface area contributed by atoms with Crippen molar-refractivity contribution in [2.75, 3.05) is 6.54 Å². The number of Topliss-reactive ketones (excluding diaryl/α,β-unsaturated/α-hetero) is 2. The highest BCUT2D eigenvalue weighted by atomic mass is 16.8. The van der Waals surface area contributed by atoms with E-state index < -0.39 is 35.3 Å². The summed E-state index contributed by atoms with van der Waals surface area (Å²) in [5.41, 5.74) is -0.167. The number of allylic oxidation sites excluding steroid dienone is 3. The summed E-state index contributed by atoms with van der Waals surface area (Å²) in [6.45, 7) is 9.34. The summed E-state index contributed by atoms with van der Waals surface area (Å²) in [6, 6.07) is 0. The molecule has 2 N–H and O–H groups in total. The van der Waals surface area contributed by atoms with E-state index in [1.165, 1.54) is 6.08 Å². The topological polar surface area (TPSA) is 114 Å². The molecule has 4 heterocycles. The Balaban J connectivity index is 1.51. The van der Waals surface area contributed by atoms with Crippen LogP contribution in [0.2, 0.25) is 0 Å². The lowest BCUT2D eigenvalue weighted by molar-refractivity contribution is -0.350. The van der Waals surface area contributed by atoms with Gasteiger partial charge >= 0.3 is 0 Å². The highest BCUT2D eigenvalue weighted by Crippen LogP contribution is 2.57. The van der Waals surface area contributed by atoms with Gasteiger partial charge in [-0.25, -0.2) is 0 Å².